The van der Waals surface area contributed by atoms with Gasteiger partial charge in [-0.15, -0.1) is 15.7 Å². The maximum atomic E-state index is 13.7. The van der Waals surface area contributed by atoms with Crippen molar-refractivity contribution in [3.8, 4) is 0 Å². The van der Waals surface area contributed by atoms with Crippen molar-refractivity contribution in [3.05, 3.63) is 22.3 Å². The van der Waals surface area contributed by atoms with Crippen LogP contribution in [0.1, 0.15) is 44.1 Å². The Morgan fingerprint density at radius 3 is 2.71 bits per heavy atom. The number of nitrogens with one attached hydrogen (secondary N) is 2. The average Bonchev–Trinajstić information content (AvgIpc) is 3.16. The number of nitrogens with zero attached hydrogens (tertiary/aromatic N) is 2. The summed E-state index contributed by atoms with van der Waals surface area (Å²) in [6, 6.07) is -0.0319. The zero-order valence-electron chi connectivity index (χ0n) is 19.2. The average molecular weight is 541 g/mol. The van der Waals surface area contributed by atoms with Crippen LogP contribution in [0.25, 0.3) is 0 Å². The first-order valence-electron chi connectivity index (χ1n) is 11.9. The molecule has 3 N–H and O–H groups in total. The van der Waals surface area contributed by atoms with Gasteiger partial charge in [-0.2, -0.15) is 8.42 Å². The van der Waals surface area contributed by atoms with E-state index < -0.39 is 20.0 Å². The maximum Gasteiger partial charge on any atom is 0.287 e. The number of carbonyl (C=O) groups excluding carboxylic acids is 1. The van der Waals surface area contributed by atoms with Crippen molar-refractivity contribution in [3.63, 3.8) is 0 Å². The molecule has 0 radical (unpaired) electrons. The standard InChI is InChI=1S/C22H28N4O6S3/c1-34(29,30)23-9-14-10-33-21-19(14)35(31,32)25-20(24-21)16-18(27)15-12-4-5-13(8-12)17(15)26(22(16)28)7-6-11-2-3-11/h10-13,15,17,23,27H,2-9H2,1H3,(H,24,25)/t12-,13+,15?,17?/m1/s1. The van der Waals surface area contributed by atoms with E-state index in [0.29, 0.717) is 18.4 Å². The second-order valence-electron chi connectivity index (χ2n) is 10.4. The predicted octanol–water partition coefficient (Wildman–Crippen LogP) is 2.18. The zero-order chi connectivity index (χ0) is 24.7. The van der Waals surface area contributed by atoms with Crippen molar-refractivity contribution in [2.45, 2.75) is 56.0 Å². The molecule has 0 aromatic carbocycles. The Morgan fingerprint density at radius 1 is 1.26 bits per heavy atom. The Bertz CT molecular complexity index is 1380. The Labute approximate surface area is 208 Å². The first kappa shape index (κ1) is 23.4. The third kappa shape index (κ3) is 4.00. The van der Waals surface area contributed by atoms with Gasteiger partial charge >= 0.3 is 0 Å². The molecule has 2 bridgehead atoms. The Hall–Kier alpha value is -1.96. The molecule has 190 valence electrons. The summed E-state index contributed by atoms with van der Waals surface area (Å²) in [6.07, 6.45) is 7.31. The Balaban J connectivity index is 1.37. The Kier molecular flexibility index (Phi) is 5.37. The maximum absolute atomic E-state index is 13.7. The van der Waals surface area contributed by atoms with Crippen LogP contribution in [0.2, 0.25) is 0 Å². The lowest BCUT2D eigenvalue weighted by Crippen LogP contribution is -2.54. The molecule has 3 aliphatic carbocycles. The van der Waals surface area contributed by atoms with E-state index in [-0.39, 0.29) is 63.0 Å². The summed E-state index contributed by atoms with van der Waals surface area (Å²) >= 11 is 1.09. The fourth-order valence-corrected chi connectivity index (χ4v) is 9.36. The van der Waals surface area contributed by atoms with Gasteiger partial charge in [0.15, 0.2) is 5.84 Å². The number of sulfonamides is 2. The molecule has 3 fully saturated rings. The summed E-state index contributed by atoms with van der Waals surface area (Å²) in [6.45, 7) is 0.418. The lowest BCUT2D eigenvalue weighted by Gasteiger charge is -2.44. The fourth-order valence-electron chi connectivity index (χ4n) is 6.34. The van der Waals surface area contributed by atoms with Gasteiger partial charge in [-0.05, 0) is 48.8 Å². The van der Waals surface area contributed by atoms with Crippen LogP contribution < -0.4 is 10.0 Å². The van der Waals surface area contributed by atoms with Gasteiger partial charge in [-0.25, -0.2) is 13.1 Å². The van der Waals surface area contributed by atoms with Gasteiger partial charge in [-0.1, -0.05) is 12.8 Å². The minimum Gasteiger partial charge on any atom is -0.511 e. The van der Waals surface area contributed by atoms with Crippen molar-refractivity contribution in [1.82, 2.24) is 9.62 Å². The lowest BCUT2D eigenvalue weighted by molar-refractivity contribution is -0.133. The SMILES string of the molecule is CS(=O)(=O)NCc1csc2c1S(=O)(=O)N=C(C1=C(O)C3C([C@H]4CC[C@@H]3C4)N(CCC3CC3)C1=O)N2. The molecule has 0 saturated heterocycles. The van der Waals surface area contributed by atoms with Crippen LogP contribution in [0.3, 0.4) is 0 Å². The number of fused-ring (bicyclic) bond motifs is 6. The molecule has 4 atom stereocenters. The number of amidine groups is 1. The van der Waals surface area contributed by atoms with Crippen LogP contribution >= 0.6 is 11.3 Å². The summed E-state index contributed by atoms with van der Waals surface area (Å²) in [4.78, 5) is 15.5. The molecule has 0 spiro atoms. The summed E-state index contributed by atoms with van der Waals surface area (Å²) in [5, 5.41) is 16.1. The van der Waals surface area contributed by atoms with Crippen molar-refractivity contribution < 1.29 is 26.7 Å². The summed E-state index contributed by atoms with van der Waals surface area (Å²) < 4.78 is 55.5. The minimum absolute atomic E-state index is 0.0319. The summed E-state index contributed by atoms with van der Waals surface area (Å²) in [7, 11) is -7.74. The molecule has 10 nitrogen and oxygen atoms in total. The molecule has 1 aromatic rings. The summed E-state index contributed by atoms with van der Waals surface area (Å²) in [5.41, 5.74) is 0.228. The van der Waals surface area contributed by atoms with Gasteiger partial charge < -0.3 is 15.3 Å². The molecule has 1 amide bonds. The number of aliphatic hydroxyl groups excluding tert-OH is 1. The van der Waals surface area contributed by atoms with Crippen molar-refractivity contribution in [1.29, 1.82) is 0 Å². The molecule has 13 heteroatoms. The van der Waals surface area contributed by atoms with Gasteiger partial charge in [0.2, 0.25) is 10.0 Å². The first-order valence-corrected chi connectivity index (χ1v) is 16.2. The topological polar surface area (TPSA) is 145 Å². The number of anilines is 1. The van der Waals surface area contributed by atoms with Gasteiger partial charge in [0, 0.05) is 30.6 Å². The van der Waals surface area contributed by atoms with Gasteiger partial charge in [0.1, 0.15) is 21.2 Å². The van der Waals surface area contributed by atoms with E-state index in [0.717, 1.165) is 43.3 Å². The highest BCUT2D eigenvalue weighted by molar-refractivity contribution is 7.91. The number of hydrogen-bond donors (Lipinski definition) is 3. The van der Waals surface area contributed by atoms with Crippen LogP contribution in [0.15, 0.2) is 26.0 Å². The van der Waals surface area contributed by atoms with Crippen LogP contribution in [0, 0.1) is 23.7 Å². The quantitative estimate of drug-likeness (QED) is 0.481. The van der Waals surface area contributed by atoms with Crippen LogP contribution in [-0.4, -0.2) is 57.4 Å². The number of hydrogen-bond acceptors (Lipinski definition) is 8. The van der Waals surface area contributed by atoms with Crippen LogP contribution in [-0.2, 0) is 31.4 Å². The lowest BCUT2D eigenvalue weighted by atomic mass is 9.77. The molecule has 35 heavy (non-hydrogen) atoms. The number of carbonyl (C=O) groups is 1. The second kappa shape index (κ2) is 8.02. The number of thiophene rings is 1. The highest BCUT2D eigenvalue weighted by Crippen LogP contribution is 2.55. The van der Waals surface area contributed by atoms with Gasteiger partial charge in [0.05, 0.1) is 6.26 Å². The monoisotopic (exact) mass is 540 g/mol. The van der Waals surface area contributed by atoms with E-state index in [2.05, 4.69) is 14.4 Å². The molecular formula is C22H28N4O6S3. The fraction of sp³-hybridized carbons (Fsp3) is 0.636. The van der Waals surface area contributed by atoms with E-state index in [9.17, 15) is 26.7 Å². The first-order chi connectivity index (χ1) is 16.5. The third-order valence-corrected chi connectivity index (χ3v) is 11.2. The molecule has 2 aliphatic heterocycles. The number of amides is 1. The molecular weight excluding hydrogens is 512 g/mol. The molecule has 1 aromatic heterocycles. The molecule has 3 saturated carbocycles. The molecule has 5 aliphatic rings. The number of aliphatic hydroxyl groups is 1. The summed E-state index contributed by atoms with van der Waals surface area (Å²) in [5.74, 6) is 0.543. The minimum atomic E-state index is -4.22. The third-order valence-electron chi connectivity index (χ3n) is 8.03. The predicted molar refractivity (Wildman–Crippen MR) is 131 cm³/mol. The van der Waals surface area contributed by atoms with E-state index >= 15 is 0 Å². The van der Waals surface area contributed by atoms with Gasteiger partial charge in [-0.3, -0.25) is 4.79 Å². The zero-order valence-corrected chi connectivity index (χ0v) is 21.7. The number of rotatable bonds is 7. The van der Waals surface area contributed by atoms with Crippen molar-refractivity contribution in [2.75, 3.05) is 18.1 Å². The van der Waals surface area contributed by atoms with E-state index in [1.807, 2.05) is 4.90 Å². The molecule has 6 rings (SSSR count). The van der Waals surface area contributed by atoms with Crippen molar-refractivity contribution in [2.24, 2.45) is 28.1 Å². The van der Waals surface area contributed by atoms with Gasteiger partial charge in [0.25, 0.3) is 15.9 Å². The second-order valence-corrected chi connectivity index (χ2v) is 14.6. The molecule has 3 heterocycles. The van der Waals surface area contributed by atoms with E-state index in [4.69, 9.17) is 0 Å². The van der Waals surface area contributed by atoms with E-state index in [1.165, 1.54) is 12.8 Å². The Morgan fingerprint density at radius 2 is 2.00 bits per heavy atom. The van der Waals surface area contributed by atoms with E-state index in [1.54, 1.807) is 5.38 Å². The smallest absolute Gasteiger partial charge is 0.287 e. The van der Waals surface area contributed by atoms with Crippen LogP contribution in [0.4, 0.5) is 5.00 Å². The highest BCUT2D eigenvalue weighted by Gasteiger charge is 2.57. The van der Waals surface area contributed by atoms with Crippen LogP contribution in [0.5, 0.6) is 0 Å². The highest BCUT2D eigenvalue weighted by atomic mass is 32.2. The largest absolute Gasteiger partial charge is 0.511 e. The van der Waals surface area contributed by atoms with Crippen molar-refractivity contribution >= 4 is 48.1 Å². The normalized spacial score (nSPS) is 31.3. The molecule has 2 unspecified atom stereocenters.